The normalized spacial score (nSPS) is 22.8. The standard InChI is InChI=1S/C28H39N3O2/c1-4-14-30-15-17-31(18-16-30)24-10-11-26-25(21(2)22(3)27(26)19-24)12-13-29-28(32)33-20-23-8-6-5-7-9-23/h5-11,19,21-22,25H,4,12-18,20H2,1-3H3,(H,29,32)/t21-,22?,25-/m1/s1. The van der Waals surface area contributed by atoms with E-state index in [4.69, 9.17) is 4.74 Å². The van der Waals surface area contributed by atoms with E-state index in [1.165, 1.54) is 29.8 Å². The van der Waals surface area contributed by atoms with E-state index in [0.29, 0.717) is 30.9 Å². The number of rotatable bonds is 8. The Morgan fingerprint density at radius 2 is 1.79 bits per heavy atom. The maximum absolute atomic E-state index is 12.1. The lowest BCUT2D eigenvalue weighted by Crippen LogP contribution is -2.46. The quantitative estimate of drug-likeness (QED) is 0.588. The fraction of sp³-hybridized carbons (Fsp3) is 0.536. The third kappa shape index (κ3) is 5.70. The Kier molecular flexibility index (Phi) is 7.92. The lowest BCUT2D eigenvalue weighted by atomic mass is 9.87. The average molecular weight is 450 g/mol. The Morgan fingerprint density at radius 3 is 2.52 bits per heavy atom. The highest BCUT2D eigenvalue weighted by molar-refractivity contribution is 5.67. The van der Waals surface area contributed by atoms with Gasteiger partial charge in [0.25, 0.3) is 0 Å². The molecule has 5 heteroatoms. The summed E-state index contributed by atoms with van der Waals surface area (Å²) >= 11 is 0. The first-order chi connectivity index (χ1) is 16.1. The van der Waals surface area contributed by atoms with Crippen LogP contribution in [0, 0.1) is 5.92 Å². The Balaban J connectivity index is 1.30. The number of anilines is 1. The molecule has 33 heavy (non-hydrogen) atoms. The molecule has 1 saturated heterocycles. The van der Waals surface area contributed by atoms with Gasteiger partial charge in [0, 0.05) is 38.4 Å². The summed E-state index contributed by atoms with van der Waals surface area (Å²) in [5.74, 6) is 1.58. The molecule has 0 radical (unpaired) electrons. The molecule has 2 aromatic carbocycles. The number of nitrogens with zero attached hydrogens (tertiary/aromatic N) is 2. The number of benzene rings is 2. The highest BCUT2D eigenvalue weighted by atomic mass is 16.5. The number of carbonyl (C=O) groups excluding carboxylic acids is 1. The van der Waals surface area contributed by atoms with Crippen molar-refractivity contribution in [1.82, 2.24) is 10.2 Å². The fourth-order valence-electron chi connectivity index (χ4n) is 5.47. The van der Waals surface area contributed by atoms with Gasteiger partial charge in [0.1, 0.15) is 6.61 Å². The van der Waals surface area contributed by atoms with E-state index >= 15 is 0 Å². The third-order valence-corrected chi connectivity index (χ3v) is 7.60. The van der Waals surface area contributed by atoms with E-state index in [-0.39, 0.29) is 6.09 Å². The van der Waals surface area contributed by atoms with Crippen LogP contribution < -0.4 is 10.2 Å². The first-order valence-corrected chi connectivity index (χ1v) is 12.6. The summed E-state index contributed by atoms with van der Waals surface area (Å²) < 4.78 is 5.36. The molecule has 1 N–H and O–H groups in total. The number of amides is 1. The molecule has 0 bridgehead atoms. The number of ether oxygens (including phenoxy) is 1. The van der Waals surface area contributed by atoms with Crippen LogP contribution in [0.25, 0.3) is 0 Å². The molecule has 5 nitrogen and oxygen atoms in total. The van der Waals surface area contributed by atoms with Crippen LogP contribution in [0.15, 0.2) is 48.5 Å². The monoisotopic (exact) mass is 449 g/mol. The second kappa shape index (κ2) is 11.1. The number of alkyl carbamates (subject to hydrolysis) is 1. The molecule has 1 amide bonds. The predicted octanol–water partition coefficient (Wildman–Crippen LogP) is 5.37. The second-order valence-electron chi connectivity index (χ2n) is 9.67. The minimum Gasteiger partial charge on any atom is -0.445 e. The van der Waals surface area contributed by atoms with Gasteiger partial charge in [-0.05, 0) is 66.0 Å². The van der Waals surface area contributed by atoms with Crippen molar-refractivity contribution in [2.24, 2.45) is 5.92 Å². The van der Waals surface area contributed by atoms with Gasteiger partial charge in [-0.2, -0.15) is 0 Å². The van der Waals surface area contributed by atoms with E-state index in [1.54, 1.807) is 0 Å². The van der Waals surface area contributed by atoms with Crippen LogP contribution >= 0.6 is 0 Å². The lowest BCUT2D eigenvalue weighted by molar-refractivity contribution is 0.139. The van der Waals surface area contributed by atoms with Gasteiger partial charge >= 0.3 is 6.09 Å². The molecule has 1 heterocycles. The lowest BCUT2D eigenvalue weighted by Gasteiger charge is -2.36. The summed E-state index contributed by atoms with van der Waals surface area (Å²) in [6.45, 7) is 13.7. The van der Waals surface area contributed by atoms with Crippen molar-refractivity contribution in [2.75, 3.05) is 44.2 Å². The van der Waals surface area contributed by atoms with Crippen LogP contribution in [-0.4, -0.2) is 50.3 Å². The van der Waals surface area contributed by atoms with Crippen molar-refractivity contribution < 1.29 is 9.53 Å². The predicted molar refractivity (Wildman–Crippen MR) is 135 cm³/mol. The maximum atomic E-state index is 12.1. The van der Waals surface area contributed by atoms with E-state index in [9.17, 15) is 4.79 Å². The fourth-order valence-corrected chi connectivity index (χ4v) is 5.47. The van der Waals surface area contributed by atoms with E-state index in [2.05, 4.69) is 54.1 Å². The van der Waals surface area contributed by atoms with E-state index in [0.717, 1.165) is 38.2 Å². The van der Waals surface area contributed by atoms with Gasteiger partial charge < -0.3 is 15.0 Å². The van der Waals surface area contributed by atoms with Gasteiger partial charge in [-0.1, -0.05) is 57.2 Å². The molecular weight excluding hydrogens is 410 g/mol. The molecule has 1 fully saturated rings. The van der Waals surface area contributed by atoms with Crippen LogP contribution in [0.3, 0.4) is 0 Å². The van der Waals surface area contributed by atoms with Crippen molar-refractivity contribution in [3.8, 4) is 0 Å². The summed E-state index contributed by atoms with van der Waals surface area (Å²) in [4.78, 5) is 17.2. The molecule has 2 aliphatic rings. The number of carbonyl (C=O) groups is 1. The van der Waals surface area contributed by atoms with Crippen LogP contribution in [0.2, 0.25) is 0 Å². The van der Waals surface area contributed by atoms with Crippen molar-refractivity contribution in [3.05, 3.63) is 65.2 Å². The Labute approximate surface area is 199 Å². The largest absolute Gasteiger partial charge is 0.445 e. The van der Waals surface area contributed by atoms with Crippen molar-refractivity contribution in [3.63, 3.8) is 0 Å². The molecule has 178 valence electrons. The third-order valence-electron chi connectivity index (χ3n) is 7.60. The van der Waals surface area contributed by atoms with Gasteiger partial charge in [-0.25, -0.2) is 4.79 Å². The highest BCUT2D eigenvalue weighted by Crippen LogP contribution is 2.48. The molecule has 0 saturated carbocycles. The number of piperazine rings is 1. The average Bonchev–Trinajstić information content (AvgIpc) is 3.08. The van der Waals surface area contributed by atoms with Gasteiger partial charge in [-0.3, -0.25) is 4.90 Å². The van der Waals surface area contributed by atoms with Gasteiger partial charge in [0.2, 0.25) is 0 Å². The molecule has 2 aromatic rings. The van der Waals surface area contributed by atoms with Gasteiger partial charge in [0.15, 0.2) is 0 Å². The summed E-state index contributed by atoms with van der Waals surface area (Å²) in [7, 11) is 0. The number of hydrogen-bond acceptors (Lipinski definition) is 4. The van der Waals surface area contributed by atoms with Gasteiger partial charge in [-0.15, -0.1) is 0 Å². The zero-order chi connectivity index (χ0) is 23.2. The molecule has 3 atom stereocenters. The Morgan fingerprint density at radius 1 is 1.03 bits per heavy atom. The zero-order valence-electron chi connectivity index (χ0n) is 20.4. The maximum Gasteiger partial charge on any atom is 0.407 e. The highest BCUT2D eigenvalue weighted by Gasteiger charge is 2.35. The molecule has 0 aromatic heterocycles. The first kappa shape index (κ1) is 23.6. The Hall–Kier alpha value is -2.53. The van der Waals surface area contributed by atoms with Crippen LogP contribution in [0.5, 0.6) is 0 Å². The zero-order valence-corrected chi connectivity index (χ0v) is 20.4. The van der Waals surface area contributed by atoms with E-state index < -0.39 is 0 Å². The van der Waals surface area contributed by atoms with Crippen molar-refractivity contribution in [2.45, 2.75) is 52.1 Å². The number of nitrogens with one attached hydrogen (secondary N) is 1. The summed E-state index contributed by atoms with van der Waals surface area (Å²) in [5.41, 5.74) is 5.32. The van der Waals surface area contributed by atoms with Crippen LogP contribution in [0.4, 0.5) is 10.5 Å². The van der Waals surface area contributed by atoms with Gasteiger partial charge in [0.05, 0.1) is 0 Å². The van der Waals surface area contributed by atoms with Crippen LogP contribution in [-0.2, 0) is 11.3 Å². The minimum absolute atomic E-state index is 0.307. The minimum atomic E-state index is -0.338. The molecule has 0 spiro atoms. The summed E-state index contributed by atoms with van der Waals surface area (Å²) in [6, 6.07) is 16.9. The number of fused-ring (bicyclic) bond motifs is 1. The Bertz CT molecular complexity index is 909. The van der Waals surface area contributed by atoms with Crippen molar-refractivity contribution in [1.29, 1.82) is 0 Å². The molecular formula is C28H39N3O2. The number of hydrogen-bond donors (Lipinski definition) is 1. The molecule has 1 aliphatic carbocycles. The first-order valence-electron chi connectivity index (χ1n) is 12.6. The summed E-state index contributed by atoms with van der Waals surface area (Å²) in [5, 5.41) is 2.95. The van der Waals surface area contributed by atoms with Crippen molar-refractivity contribution >= 4 is 11.8 Å². The van der Waals surface area contributed by atoms with Crippen LogP contribution in [0.1, 0.15) is 62.1 Å². The molecule has 1 unspecified atom stereocenters. The smallest absolute Gasteiger partial charge is 0.407 e. The molecule has 4 rings (SSSR count). The topological polar surface area (TPSA) is 44.8 Å². The van der Waals surface area contributed by atoms with E-state index in [1.807, 2.05) is 30.3 Å². The summed E-state index contributed by atoms with van der Waals surface area (Å²) in [6.07, 6.45) is 1.83. The second-order valence-corrected chi connectivity index (χ2v) is 9.67. The SMILES string of the molecule is CCCN1CCN(c2ccc3c(c2)C(C)[C@@H](C)[C@H]3CCNC(=O)OCc2ccccc2)CC1. The molecule has 1 aliphatic heterocycles.